The second kappa shape index (κ2) is 3.92. The van der Waals surface area contributed by atoms with Gasteiger partial charge in [-0.25, -0.2) is 0 Å². The topological polar surface area (TPSA) is 73.6 Å². The van der Waals surface area contributed by atoms with E-state index < -0.39 is 0 Å². The van der Waals surface area contributed by atoms with Crippen LogP contribution in [0, 0.1) is 5.92 Å². The molecule has 0 saturated carbocycles. The summed E-state index contributed by atoms with van der Waals surface area (Å²) in [6, 6.07) is 3.77. The normalized spacial score (nSPS) is 21.0. The van der Waals surface area contributed by atoms with Gasteiger partial charge in [0.05, 0.1) is 0 Å². The highest BCUT2D eigenvalue weighted by Gasteiger charge is 2.28. The van der Waals surface area contributed by atoms with Gasteiger partial charge in [0.25, 0.3) is 0 Å². The Labute approximate surface area is 98.9 Å². The van der Waals surface area contributed by atoms with E-state index in [4.69, 9.17) is 15.2 Å². The van der Waals surface area contributed by atoms with E-state index in [0.717, 1.165) is 23.4 Å². The van der Waals surface area contributed by atoms with Crippen molar-refractivity contribution in [2.75, 3.05) is 18.7 Å². The van der Waals surface area contributed by atoms with Crippen LogP contribution in [0.15, 0.2) is 12.1 Å². The monoisotopic (exact) mass is 234 g/mol. The Hall–Kier alpha value is -1.75. The summed E-state index contributed by atoms with van der Waals surface area (Å²) in [5.74, 6) is 1.46. The van der Waals surface area contributed by atoms with Crippen LogP contribution in [0.4, 0.5) is 5.69 Å². The standard InChI is InChI=1S/C12H14N2O3/c13-2-1-7-3-8-4-10-11(17-6-16-10)5-9(8)14-12(7)15/h4-5,7H,1-3,6,13H2,(H,14,15). The van der Waals surface area contributed by atoms with Crippen LogP contribution in [0.2, 0.25) is 0 Å². The number of hydrogen-bond acceptors (Lipinski definition) is 4. The first-order chi connectivity index (χ1) is 8.28. The van der Waals surface area contributed by atoms with Crippen molar-refractivity contribution >= 4 is 11.6 Å². The lowest BCUT2D eigenvalue weighted by Crippen LogP contribution is -2.31. The van der Waals surface area contributed by atoms with Gasteiger partial charge in [-0.15, -0.1) is 0 Å². The van der Waals surface area contributed by atoms with E-state index in [2.05, 4.69) is 5.32 Å². The Morgan fingerprint density at radius 1 is 1.35 bits per heavy atom. The molecule has 1 unspecified atom stereocenters. The molecule has 0 aliphatic carbocycles. The molecule has 0 spiro atoms. The lowest BCUT2D eigenvalue weighted by molar-refractivity contribution is -0.120. The van der Waals surface area contributed by atoms with Crippen LogP contribution in [0.25, 0.3) is 0 Å². The average molecular weight is 234 g/mol. The number of hydrogen-bond donors (Lipinski definition) is 2. The van der Waals surface area contributed by atoms with Gasteiger partial charge in [0.1, 0.15) is 0 Å². The molecule has 2 aliphatic heterocycles. The van der Waals surface area contributed by atoms with Gasteiger partial charge in [-0.05, 0) is 31.0 Å². The highest BCUT2D eigenvalue weighted by atomic mass is 16.7. The van der Waals surface area contributed by atoms with Gasteiger partial charge in [-0.3, -0.25) is 4.79 Å². The van der Waals surface area contributed by atoms with E-state index in [1.165, 1.54) is 0 Å². The van der Waals surface area contributed by atoms with Crippen molar-refractivity contribution in [3.63, 3.8) is 0 Å². The predicted molar refractivity (Wildman–Crippen MR) is 62.1 cm³/mol. The number of nitrogens with one attached hydrogen (secondary N) is 1. The summed E-state index contributed by atoms with van der Waals surface area (Å²) in [4.78, 5) is 11.8. The molecule has 0 aromatic heterocycles. The first-order valence-electron chi connectivity index (χ1n) is 5.71. The number of nitrogens with two attached hydrogens (primary N) is 1. The zero-order valence-corrected chi connectivity index (χ0v) is 9.36. The number of fused-ring (bicyclic) bond motifs is 2. The molecule has 0 saturated heterocycles. The van der Waals surface area contributed by atoms with E-state index in [9.17, 15) is 4.79 Å². The Kier molecular flexibility index (Phi) is 2.40. The molecule has 2 heterocycles. The molecule has 90 valence electrons. The van der Waals surface area contributed by atoms with Gasteiger partial charge in [0, 0.05) is 17.7 Å². The summed E-state index contributed by atoms with van der Waals surface area (Å²) < 4.78 is 10.6. The number of anilines is 1. The number of carbonyl (C=O) groups excluding carboxylic acids is 1. The van der Waals surface area contributed by atoms with Crippen molar-refractivity contribution in [1.82, 2.24) is 0 Å². The molecule has 3 N–H and O–H groups in total. The van der Waals surface area contributed by atoms with Gasteiger partial charge in [-0.2, -0.15) is 0 Å². The third-order valence-electron chi connectivity index (χ3n) is 3.21. The molecular formula is C12H14N2O3. The third-order valence-corrected chi connectivity index (χ3v) is 3.21. The van der Waals surface area contributed by atoms with Gasteiger partial charge in [0.15, 0.2) is 11.5 Å². The highest BCUT2D eigenvalue weighted by Crippen LogP contribution is 2.39. The lowest BCUT2D eigenvalue weighted by Gasteiger charge is -2.24. The van der Waals surface area contributed by atoms with Gasteiger partial charge in [-0.1, -0.05) is 0 Å². The van der Waals surface area contributed by atoms with Gasteiger partial charge >= 0.3 is 0 Å². The fourth-order valence-corrected chi connectivity index (χ4v) is 2.30. The quantitative estimate of drug-likeness (QED) is 0.796. The molecule has 2 aliphatic rings. The maximum atomic E-state index is 11.8. The van der Waals surface area contributed by atoms with Crippen LogP contribution in [0.3, 0.4) is 0 Å². The summed E-state index contributed by atoms with van der Waals surface area (Å²) in [6.45, 7) is 0.774. The Morgan fingerprint density at radius 2 is 2.12 bits per heavy atom. The summed E-state index contributed by atoms with van der Waals surface area (Å²) in [6.07, 6.45) is 1.43. The number of benzene rings is 1. The number of carbonyl (C=O) groups is 1. The highest BCUT2D eigenvalue weighted by molar-refractivity contribution is 5.96. The van der Waals surface area contributed by atoms with Crippen molar-refractivity contribution in [3.8, 4) is 11.5 Å². The molecule has 0 radical (unpaired) electrons. The zero-order valence-electron chi connectivity index (χ0n) is 9.36. The number of amides is 1. The fourth-order valence-electron chi connectivity index (χ4n) is 2.30. The SMILES string of the molecule is NCCC1Cc2cc3c(cc2NC1=O)OCO3. The lowest BCUT2D eigenvalue weighted by atomic mass is 9.90. The minimum Gasteiger partial charge on any atom is -0.454 e. The predicted octanol–water partition coefficient (Wildman–Crippen LogP) is 0.875. The second-order valence-corrected chi connectivity index (χ2v) is 4.33. The number of rotatable bonds is 2. The van der Waals surface area contributed by atoms with Crippen molar-refractivity contribution < 1.29 is 14.3 Å². The van der Waals surface area contributed by atoms with Crippen LogP contribution in [-0.2, 0) is 11.2 Å². The maximum Gasteiger partial charge on any atom is 0.231 e. The Morgan fingerprint density at radius 3 is 2.88 bits per heavy atom. The first-order valence-corrected chi connectivity index (χ1v) is 5.71. The number of ether oxygens (including phenoxy) is 2. The molecule has 0 bridgehead atoms. The van der Waals surface area contributed by atoms with Crippen LogP contribution in [0.5, 0.6) is 11.5 Å². The van der Waals surface area contributed by atoms with Crippen molar-refractivity contribution in [2.45, 2.75) is 12.8 Å². The summed E-state index contributed by atoms with van der Waals surface area (Å²) in [5, 5.41) is 2.89. The summed E-state index contributed by atoms with van der Waals surface area (Å²) >= 11 is 0. The molecule has 5 nitrogen and oxygen atoms in total. The van der Waals surface area contributed by atoms with Gasteiger partial charge in [0.2, 0.25) is 12.7 Å². The van der Waals surface area contributed by atoms with E-state index in [0.29, 0.717) is 18.7 Å². The molecule has 3 rings (SSSR count). The van der Waals surface area contributed by atoms with Crippen LogP contribution in [0.1, 0.15) is 12.0 Å². The zero-order chi connectivity index (χ0) is 11.8. The van der Waals surface area contributed by atoms with E-state index in [-0.39, 0.29) is 18.6 Å². The van der Waals surface area contributed by atoms with Crippen LogP contribution in [-0.4, -0.2) is 19.2 Å². The molecule has 5 heteroatoms. The fraction of sp³-hybridized carbons (Fsp3) is 0.417. The van der Waals surface area contributed by atoms with Gasteiger partial charge < -0.3 is 20.5 Å². The third kappa shape index (κ3) is 1.72. The molecule has 0 fully saturated rings. The molecule has 17 heavy (non-hydrogen) atoms. The largest absolute Gasteiger partial charge is 0.454 e. The minimum atomic E-state index is -0.0344. The van der Waals surface area contributed by atoms with Crippen molar-refractivity contribution in [1.29, 1.82) is 0 Å². The average Bonchev–Trinajstić information content (AvgIpc) is 2.74. The Bertz CT molecular complexity index is 473. The summed E-state index contributed by atoms with van der Waals surface area (Å²) in [7, 11) is 0. The van der Waals surface area contributed by atoms with E-state index in [1.54, 1.807) is 0 Å². The Balaban J connectivity index is 1.94. The molecule has 1 amide bonds. The van der Waals surface area contributed by atoms with E-state index in [1.807, 2.05) is 12.1 Å². The smallest absolute Gasteiger partial charge is 0.231 e. The molecule has 1 aromatic carbocycles. The van der Waals surface area contributed by atoms with Crippen LogP contribution >= 0.6 is 0 Å². The second-order valence-electron chi connectivity index (χ2n) is 4.33. The molecular weight excluding hydrogens is 220 g/mol. The minimum absolute atomic E-state index is 0.0344. The van der Waals surface area contributed by atoms with E-state index >= 15 is 0 Å². The van der Waals surface area contributed by atoms with Crippen molar-refractivity contribution in [3.05, 3.63) is 17.7 Å². The molecule has 1 aromatic rings. The van der Waals surface area contributed by atoms with Crippen LogP contribution < -0.4 is 20.5 Å². The van der Waals surface area contributed by atoms with Crippen molar-refractivity contribution in [2.24, 2.45) is 11.7 Å². The maximum absolute atomic E-state index is 11.8. The first kappa shape index (κ1) is 10.4. The summed E-state index contributed by atoms with van der Waals surface area (Å²) in [5.41, 5.74) is 7.42. The molecule has 1 atom stereocenters.